The molecule has 0 aliphatic heterocycles. The largest absolute Gasteiger partial charge is 0.396 e. The lowest BCUT2D eigenvalue weighted by atomic mass is 10.2. The second kappa shape index (κ2) is 6.84. The fourth-order valence-electron chi connectivity index (χ4n) is 1.46. The zero-order valence-electron chi connectivity index (χ0n) is 10.9. The zero-order chi connectivity index (χ0) is 14.4. The number of aryl methyl sites for hydroxylation is 1. The quantitative estimate of drug-likeness (QED) is 0.712. The Labute approximate surface area is 110 Å². The number of hydrogen-bond acceptors (Lipinski definition) is 3. The van der Waals surface area contributed by atoms with E-state index in [-0.39, 0.29) is 18.3 Å². The second-order valence-corrected chi connectivity index (χ2v) is 4.30. The number of benzene rings is 1. The fourth-order valence-corrected chi connectivity index (χ4v) is 1.46. The predicted molar refractivity (Wildman–Crippen MR) is 69.1 cm³/mol. The van der Waals surface area contributed by atoms with Crippen LogP contribution in [0.1, 0.15) is 18.9 Å². The van der Waals surface area contributed by atoms with Gasteiger partial charge in [0.15, 0.2) is 0 Å². The van der Waals surface area contributed by atoms with Crippen molar-refractivity contribution in [1.29, 1.82) is 0 Å². The number of carbonyl (C=O) groups is 2. The molecule has 5 nitrogen and oxygen atoms in total. The van der Waals surface area contributed by atoms with Crippen LogP contribution in [-0.4, -0.2) is 29.6 Å². The van der Waals surface area contributed by atoms with Crippen molar-refractivity contribution in [2.45, 2.75) is 26.3 Å². The molecule has 0 aliphatic rings. The SMILES string of the molecule is Cc1ccc(F)cc1NC(=O)C(=O)N[C@H](C)CCO. The summed E-state index contributed by atoms with van der Waals surface area (Å²) in [5.74, 6) is -2.17. The highest BCUT2D eigenvalue weighted by Gasteiger charge is 2.16. The van der Waals surface area contributed by atoms with Gasteiger partial charge in [0, 0.05) is 18.3 Å². The van der Waals surface area contributed by atoms with E-state index in [1.54, 1.807) is 13.8 Å². The van der Waals surface area contributed by atoms with Crippen LogP contribution in [0.25, 0.3) is 0 Å². The minimum Gasteiger partial charge on any atom is -0.396 e. The average Bonchev–Trinajstić information content (AvgIpc) is 2.34. The average molecular weight is 268 g/mol. The first-order valence-electron chi connectivity index (χ1n) is 5.93. The monoisotopic (exact) mass is 268 g/mol. The number of halogens is 1. The van der Waals surface area contributed by atoms with Gasteiger partial charge in [-0.15, -0.1) is 0 Å². The number of rotatable bonds is 4. The summed E-state index contributed by atoms with van der Waals surface area (Å²) in [6.07, 6.45) is 0.359. The first-order chi connectivity index (χ1) is 8.93. The molecule has 3 N–H and O–H groups in total. The smallest absolute Gasteiger partial charge is 0.313 e. The van der Waals surface area contributed by atoms with Gasteiger partial charge in [-0.3, -0.25) is 9.59 Å². The molecule has 0 saturated carbocycles. The second-order valence-electron chi connectivity index (χ2n) is 4.30. The lowest BCUT2D eigenvalue weighted by molar-refractivity contribution is -0.136. The maximum atomic E-state index is 13.0. The van der Waals surface area contributed by atoms with Crippen LogP contribution >= 0.6 is 0 Å². The minimum atomic E-state index is -0.863. The van der Waals surface area contributed by atoms with Gasteiger partial charge in [0.05, 0.1) is 0 Å². The van der Waals surface area contributed by atoms with Gasteiger partial charge < -0.3 is 15.7 Å². The number of hydrogen-bond donors (Lipinski definition) is 3. The summed E-state index contributed by atoms with van der Waals surface area (Å²) in [6, 6.07) is 3.63. The van der Waals surface area contributed by atoms with E-state index >= 15 is 0 Å². The molecule has 1 rings (SSSR count). The molecule has 0 saturated heterocycles. The molecule has 6 heteroatoms. The molecule has 1 atom stereocenters. The summed E-state index contributed by atoms with van der Waals surface area (Å²) < 4.78 is 13.0. The van der Waals surface area contributed by atoms with E-state index < -0.39 is 17.6 Å². The Balaban J connectivity index is 2.64. The summed E-state index contributed by atoms with van der Waals surface area (Å²) in [7, 11) is 0. The van der Waals surface area contributed by atoms with E-state index in [2.05, 4.69) is 10.6 Å². The van der Waals surface area contributed by atoms with Crippen molar-refractivity contribution in [2.75, 3.05) is 11.9 Å². The molecule has 0 bridgehead atoms. The van der Waals surface area contributed by atoms with Crippen molar-refractivity contribution in [1.82, 2.24) is 5.32 Å². The molecule has 1 aromatic rings. The van der Waals surface area contributed by atoms with Crippen LogP contribution in [0.2, 0.25) is 0 Å². The number of nitrogens with one attached hydrogen (secondary N) is 2. The van der Waals surface area contributed by atoms with Gasteiger partial charge in [-0.05, 0) is 38.0 Å². The molecule has 0 unspecified atom stereocenters. The van der Waals surface area contributed by atoms with Crippen LogP contribution in [0.5, 0.6) is 0 Å². The van der Waals surface area contributed by atoms with Crippen molar-refractivity contribution in [3.8, 4) is 0 Å². The normalized spacial score (nSPS) is 11.8. The maximum Gasteiger partial charge on any atom is 0.313 e. The molecule has 0 heterocycles. The third kappa shape index (κ3) is 4.67. The molecule has 0 aromatic heterocycles. The Morgan fingerprint density at radius 2 is 2.05 bits per heavy atom. The van der Waals surface area contributed by atoms with Crippen LogP contribution in [0.15, 0.2) is 18.2 Å². The van der Waals surface area contributed by atoms with Gasteiger partial charge >= 0.3 is 11.8 Å². The van der Waals surface area contributed by atoms with Gasteiger partial charge in [0.25, 0.3) is 0 Å². The van der Waals surface area contributed by atoms with Crippen molar-refractivity contribution in [3.05, 3.63) is 29.6 Å². The van der Waals surface area contributed by atoms with Gasteiger partial charge in [-0.2, -0.15) is 0 Å². The van der Waals surface area contributed by atoms with Crippen LogP contribution in [0.4, 0.5) is 10.1 Å². The first-order valence-corrected chi connectivity index (χ1v) is 5.93. The minimum absolute atomic E-state index is 0.0773. The van der Waals surface area contributed by atoms with Crippen molar-refractivity contribution < 1.29 is 19.1 Å². The number of aliphatic hydroxyl groups is 1. The lowest BCUT2D eigenvalue weighted by Crippen LogP contribution is -2.40. The molecule has 1 aromatic carbocycles. The van der Waals surface area contributed by atoms with Crippen LogP contribution in [0.3, 0.4) is 0 Å². The van der Waals surface area contributed by atoms with E-state index in [0.29, 0.717) is 12.0 Å². The van der Waals surface area contributed by atoms with Crippen LogP contribution in [-0.2, 0) is 9.59 Å². The molecule has 19 heavy (non-hydrogen) atoms. The van der Waals surface area contributed by atoms with Crippen molar-refractivity contribution in [2.24, 2.45) is 0 Å². The summed E-state index contributed by atoms with van der Waals surface area (Å²) in [6.45, 7) is 3.29. The summed E-state index contributed by atoms with van der Waals surface area (Å²) >= 11 is 0. The molecule has 0 aliphatic carbocycles. The highest BCUT2D eigenvalue weighted by atomic mass is 19.1. The molecule has 0 spiro atoms. The lowest BCUT2D eigenvalue weighted by Gasteiger charge is -2.13. The standard InChI is InChI=1S/C13H17FN2O3/c1-8-3-4-10(14)7-11(8)16-13(19)12(18)15-9(2)5-6-17/h3-4,7,9,17H,5-6H2,1-2H3,(H,15,18)(H,16,19)/t9-/m1/s1. The Morgan fingerprint density at radius 1 is 1.37 bits per heavy atom. The van der Waals surface area contributed by atoms with E-state index in [0.717, 1.165) is 6.07 Å². The van der Waals surface area contributed by atoms with E-state index in [1.807, 2.05) is 0 Å². The summed E-state index contributed by atoms with van der Waals surface area (Å²) in [4.78, 5) is 23.1. The Kier molecular flexibility index (Phi) is 5.44. The third-order valence-electron chi connectivity index (χ3n) is 2.59. The topological polar surface area (TPSA) is 78.4 Å². The number of carbonyl (C=O) groups excluding carboxylic acids is 2. The fraction of sp³-hybridized carbons (Fsp3) is 0.385. The summed E-state index contributed by atoms with van der Waals surface area (Å²) in [5.41, 5.74) is 0.918. The van der Waals surface area contributed by atoms with Gasteiger partial charge in [0.1, 0.15) is 5.82 Å². The first kappa shape index (κ1) is 15.1. The van der Waals surface area contributed by atoms with Crippen LogP contribution < -0.4 is 10.6 Å². The van der Waals surface area contributed by atoms with Crippen molar-refractivity contribution >= 4 is 17.5 Å². The van der Waals surface area contributed by atoms with Gasteiger partial charge in [-0.1, -0.05) is 6.07 Å². The summed E-state index contributed by atoms with van der Waals surface area (Å²) in [5, 5.41) is 13.5. The molecule has 0 radical (unpaired) electrons. The van der Waals surface area contributed by atoms with E-state index in [9.17, 15) is 14.0 Å². The number of aliphatic hydroxyl groups excluding tert-OH is 1. The molecule has 0 fully saturated rings. The van der Waals surface area contributed by atoms with Crippen LogP contribution in [0, 0.1) is 12.7 Å². The molecule has 104 valence electrons. The Bertz CT molecular complexity index is 477. The highest BCUT2D eigenvalue weighted by Crippen LogP contribution is 2.15. The third-order valence-corrected chi connectivity index (χ3v) is 2.59. The molecule has 2 amide bonds. The van der Waals surface area contributed by atoms with E-state index in [4.69, 9.17) is 5.11 Å². The predicted octanol–water partition coefficient (Wildman–Crippen LogP) is 0.960. The Morgan fingerprint density at radius 3 is 2.68 bits per heavy atom. The van der Waals surface area contributed by atoms with E-state index in [1.165, 1.54) is 12.1 Å². The molecular weight excluding hydrogens is 251 g/mol. The van der Waals surface area contributed by atoms with Gasteiger partial charge in [-0.25, -0.2) is 4.39 Å². The zero-order valence-corrected chi connectivity index (χ0v) is 10.9. The van der Waals surface area contributed by atoms with Crippen molar-refractivity contribution in [3.63, 3.8) is 0 Å². The highest BCUT2D eigenvalue weighted by molar-refractivity contribution is 6.39. The maximum absolute atomic E-state index is 13.0. The van der Waals surface area contributed by atoms with Gasteiger partial charge in [0.2, 0.25) is 0 Å². The molecular formula is C13H17FN2O3. The number of anilines is 1. The Hall–Kier alpha value is -1.95. The number of amides is 2.